The number of aryl methyl sites for hydroxylation is 2. The summed E-state index contributed by atoms with van der Waals surface area (Å²) in [6.45, 7) is 1.66. The molecule has 2 aromatic carbocycles. The number of aromatic nitrogens is 3. The summed E-state index contributed by atoms with van der Waals surface area (Å²) >= 11 is 0. The van der Waals surface area contributed by atoms with Gasteiger partial charge in [0.05, 0.1) is 29.7 Å². The molecular weight excluding hydrogens is 411 g/mol. The first-order valence-corrected chi connectivity index (χ1v) is 9.95. The molecule has 2 aromatic heterocycles. The molecule has 7 nitrogen and oxygen atoms in total. The van der Waals surface area contributed by atoms with Crippen LogP contribution in [0.25, 0.3) is 17.0 Å². The molecule has 4 aromatic rings. The van der Waals surface area contributed by atoms with Crippen molar-refractivity contribution in [2.24, 2.45) is 0 Å². The van der Waals surface area contributed by atoms with Gasteiger partial charge >= 0.3 is 5.97 Å². The van der Waals surface area contributed by atoms with Gasteiger partial charge in [-0.1, -0.05) is 18.2 Å². The molecule has 0 aliphatic carbocycles. The van der Waals surface area contributed by atoms with Crippen LogP contribution in [-0.2, 0) is 22.6 Å². The second kappa shape index (κ2) is 9.27. The van der Waals surface area contributed by atoms with Crippen LogP contribution in [-0.4, -0.2) is 20.7 Å². The number of carbonyl (C=O) groups is 1. The Morgan fingerprint density at radius 3 is 2.66 bits per heavy atom. The topological polar surface area (TPSA) is 93.9 Å². The summed E-state index contributed by atoms with van der Waals surface area (Å²) in [5.41, 5.74) is 2.94. The maximum atomic E-state index is 13.1. The summed E-state index contributed by atoms with van der Waals surface area (Å²) in [5, 5.41) is 13.9. The van der Waals surface area contributed by atoms with E-state index in [0.717, 1.165) is 5.69 Å². The molecule has 0 N–H and O–H groups in total. The van der Waals surface area contributed by atoms with Crippen molar-refractivity contribution in [3.05, 3.63) is 89.5 Å². The minimum atomic E-state index is -0.450. The number of halogens is 1. The second-order valence-corrected chi connectivity index (χ2v) is 7.05. The number of ether oxygens (including phenoxy) is 1. The van der Waals surface area contributed by atoms with E-state index >= 15 is 0 Å². The first kappa shape index (κ1) is 21.0. The zero-order valence-electron chi connectivity index (χ0n) is 17.3. The maximum Gasteiger partial charge on any atom is 0.306 e. The molecule has 32 heavy (non-hydrogen) atoms. The van der Waals surface area contributed by atoms with Crippen molar-refractivity contribution < 1.29 is 18.3 Å². The number of nitrogens with zero attached hydrogens (tertiary/aromatic N) is 4. The van der Waals surface area contributed by atoms with Crippen molar-refractivity contribution in [1.82, 2.24) is 14.8 Å². The Hall–Kier alpha value is -4.25. The van der Waals surface area contributed by atoms with Crippen LogP contribution in [0.1, 0.15) is 29.3 Å². The van der Waals surface area contributed by atoms with E-state index < -0.39 is 5.97 Å². The van der Waals surface area contributed by atoms with E-state index in [1.807, 2.05) is 30.3 Å². The molecule has 8 heteroatoms. The van der Waals surface area contributed by atoms with E-state index in [2.05, 4.69) is 16.2 Å². The first-order valence-electron chi connectivity index (χ1n) is 9.95. The third-order valence-corrected chi connectivity index (χ3v) is 4.86. The Bertz CT molecular complexity index is 1270. The summed E-state index contributed by atoms with van der Waals surface area (Å²) in [6, 6.07) is 17.3. The van der Waals surface area contributed by atoms with E-state index in [0.29, 0.717) is 34.2 Å². The molecule has 0 unspecified atom stereocenters. The molecule has 0 radical (unpaired) electrons. The van der Waals surface area contributed by atoms with E-state index in [4.69, 9.17) is 9.15 Å². The lowest BCUT2D eigenvalue weighted by Gasteiger charge is -2.08. The van der Waals surface area contributed by atoms with Crippen molar-refractivity contribution in [2.45, 2.75) is 26.4 Å². The van der Waals surface area contributed by atoms with Gasteiger partial charge in [-0.3, -0.25) is 4.79 Å². The van der Waals surface area contributed by atoms with Crippen LogP contribution in [0.5, 0.6) is 0 Å². The van der Waals surface area contributed by atoms with Crippen LogP contribution >= 0.6 is 0 Å². The highest BCUT2D eigenvalue weighted by Gasteiger charge is 2.18. The molecule has 0 aliphatic rings. The number of benzene rings is 2. The largest absolute Gasteiger partial charge is 0.459 e. The Kier molecular flexibility index (Phi) is 6.08. The van der Waals surface area contributed by atoms with Crippen molar-refractivity contribution in [3.8, 4) is 23.1 Å². The SMILES string of the molecule is Cc1nn(-c2ccccc2)c(COC(=O)CCc2ncc(-c3ccc(F)cc3)o2)c1C#N. The van der Waals surface area contributed by atoms with Gasteiger partial charge in [0.25, 0.3) is 0 Å². The molecule has 160 valence electrons. The molecule has 4 rings (SSSR count). The number of hydrogen-bond donors (Lipinski definition) is 0. The van der Waals surface area contributed by atoms with Gasteiger partial charge in [0, 0.05) is 12.0 Å². The molecule has 2 heterocycles. The van der Waals surface area contributed by atoms with Crippen LogP contribution in [0.4, 0.5) is 4.39 Å². The summed E-state index contributed by atoms with van der Waals surface area (Å²) in [5.74, 6) is 0.0897. The smallest absolute Gasteiger partial charge is 0.306 e. The van der Waals surface area contributed by atoms with Gasteiger partial charge in [-0.25, -0.2) is 14.1 Å². The summed E-state index contributed by atoms with van der Waals surface area (Å²) < 4.78 is 25.7. The lowest BCUT2D eigenvalue weighted by Crippen LogP contribution is -2.10. The van der Waals surface area contributed by atoms with Gasteiger partial charge in [0.2, 0.25) is 0 Å². The highest BCUT2D eigenvalue weighted by Crippen LogP contribution is 2.22. The molecule has 0 aliphatic heterocycles. The molecule has 0 spiro atoms. The van der Waals surface area contributed by atoms with Crippen LogP contribution in [0.15, 0.2) is 65.2 Å². The Labute approximate surface area is 183 Å². The minimum absolute atomic E-state index is 0.0592. The predicted octanol–water partition coefficient (Wildman–Crippen LogP) is 4.52. The van der Waals surface area contributed by atoms with Crippen LogP contribution in [0.2, 0.25) is 0 Å². The van der Waals surface area contributed by atoms with Crippen molar-refractivity contribution in [1.29, 1.82) is 5.26 Å². The summed E-state index contributed by atoms with van der Waals surface area (Å²) in [6.07, 6.45) is 1.85. The van der Waals surface area contributed by atoms with E-state index in [1.54, 1.807) is 23.7 Å². The van der Waals surface area contributed by atoms with Crippen molar-refractivity contribution >= 4 is 5.97 Å². The Morgan fingerprint density at radius 2 is 1.94 bits per heavy atom. The number of rotatable bonds is 7. The van der Waals surface area contributed by atoms with Gasteiger partial charge in [-0.15, -0.1) is 0 Å². The fraction of sp³-hybridized carbons (Fsp3) is 0.167. The average molecular weight is 430 g/mol. The Morgan fingerprint density at radius 1 is 1.19 bits per heavy atom. The summed E-state index contributed by atoms with van der Waals surface area (Å²) in [7, 11) is 0. The third kappa shape index (κ3) is 4.57. The molecule has 0 saturated heterocycles. The van der Waals surface area contributed by atoms with Gasteiger partial charge in [0.15, 0.2) is 11.7 Å². The lowest BCUT2D eigenvalue weighted by atomic mass is 10.2. The quantitative estimate of drug-likeness (QED) is 0.400. The fourth-order valence-electron chi connectivity index (χ4n) is 3.24. The molecule has 0 saturated carbocycles. The van der Waals surface area contributed by atoms with E-state index in [-0.39, 0.29) is 25.3 Å². The van der Waals surface area contributed by atoms with E-state index in [9.17, 15) is 14.4 Å². The molecular formula is C24H19FN4O3. The highest BCUT2D eigenvalue weighted by atomic mass is 19.1. The van der Waals surface area contributed by atoms with Crippen LogP contribution in [0, 0.1) is 24.1 Å². The zero-order valence-corrected chi connectivity index (χ0v) is 17.3. The zero-order chi connectivity index (χ0) is 22.5. The third-order valence-electron chi connectivity index (χ3n) is 4.86. The number of para-hydroxylation sites is 1. The minimum Gasteiger partial charge on any atom is -0.459 e. The number of hydrogen-bond acceptors (Lipinski definition) is 6. The predicted molar refractivity (Wildman–Crippen MR) is 113 cm³/mol. The van der Waals surface area contributed by atoms with Crippen LogP contribution in [0.3, 0.4) is 0 Å². The number of oxazole rings is 1. The van der Waals surface area contributed by atoms with Gasteiger partial charge < -0.3 is 9.15 Å². The van der Waals surface area contributed by atoms with Crippen molar-refractivity contribution in [3.63, 3.8) is 0 Å². The fourth-order valence-corrected chi connectivity index (χ4v) is 3.24. The second-order valence-electron chi connectivity index (χ2n) is 7.05. The van der Waals surface area contributed by atoms with Crippen LogP contribution < -0.4 is 0 Å². The molecule has 0 fully saturated rings. The standard InChI is InChI=1S/C24H19FN4O3/c1-16-20(13-26)21(29(28-16)19-5-3-2-4-6-19)15-31-24(30)12-11-23-27-14-22(32-23)17-7-9-18(25)10-8-17/h2-10,14H,11-12,15H2,1H3. The molecule has 0 amide bonds. The first-order chi connectivity index (χ1) is 15.5. The lowest BCUT2D eigenvalue weighted by molar-refractivity contribution is -0.145. The number of nitriles is 1. The Balaban J connectivity index is 1.39. The average Bonchev–Trinajstić information content (AvgIpc) is 3.41. The van der Waals surface area contributed by atoms with Gasteiger partial charge in [-0.2, -0.15) is 10.4 Å². The monoisotopic (exact) mass is 430 g/mol. The summed E-state index contributed by atoms with van der Waals surface area (Å²) in [4.78, 5) is 16.5. The van der Waals surface area contributed by atoms with E-state index in [1.165, 1.54) is 18.3 Å². The van der Waals surface area contributed by atoms with Crippen molar-refractivity contribution in [2.75, 3.05) is 0 Å². The maximum absolute atomic E-state index is 13.1. The number of carbonyl (C=O) groups excluding carboxylic acids is 1. The molecule has 0 atom stereocenters. The molecule has 0 bridgehead atoms. The van der Waals surface area contributed by atoms with Gasteiger partial charge in [0.1, 0.15) is 24.1 Å². The highest BCUT2D eigenvalue weighted by molar-refractivity contribution is 5.69. The number of esters is 1. The van der Waals surface area contributed by atoms with Gasteiger partial charge in [-0.05, 0) is 43.3 Å². The normalized spacial score (nSPS) is 10.7.